The summed E-state index contributed by atoms with van der Waals surface area (Å²) in [5.41, 5.74) is 2.50. The van der Waals surface area contributed by atoms with Gasteiger partial charge in [0, 0.05) is 18.2 Å². The van der Waals surface area contributed by atoms with Crippen LogP contribution < -0.4 is 10.6 Å². The minimum Gasteiger partial charge on any atom is -0.377 e. The summed E-state index contributed by atoms with van der Waals surface area (Å²) in [7, 11) is 0. The van der Waals surface area contributed by atoms with Crippen molar-refractivity contribution in [3.05, 3.63) is 69.0 Å². The van der Waals surface area contributed by atoms with Crippen molar-refractivity contribution in [3.8, 4) is 0 Å². The molecule has 2 aromatic carbocycles. The fraction of sp³-hybridized carbons (Fsp3) is 0.316. The summed E-state index contributed by atoms with van der Waals surface area (Å²) in [5.74, 6) is -0.577. The van der Waals surface area contributed by atoms with Gasteiger partial charge in [-0.1, -0.05) is 47.5 Å². The van der Waals surface area contributed by atoms with Gasteiger partial charge in [-0.2, -0.15) is 0 Å². The lowest BCUT2D eigenvalue weighted by Gasteiger charge is -2.17. The molecule has 7 heteroatoms. The molecule has 0 radical (unpaired) electrons. The lowest BCUT2D eigenvalue weighted by molar-refractivity contribution is 0.134. The maximum Gasteiger partial charge on any atom is 0.315 e. The largest absolute Gasteiger partial charge is 0.377 e. The first-order valence-electron chi connectivity index (χ1n) is 8.25. The maximum atomic E-state index is 13.6. The highest BCUT2D eigenvalue weighted by Gasteiger charge is 2.15. The standard InChI is InChI=1S/C19H21Cl2FN2O2/c1-3-26-11-14-6-4-13(5-7-14)10-23-19(25)24-12(2)15-8-18(22)17(21)9-16(15)20/h4-9,12H,3,10-11H2,1-2H3,(H2,23,24,25). The molecule has 0 aliphatic rings. The van der Waals surface area contributed by atoms with Gasteiger partial charge in [0.15, 0.2) is 0 Å². The maximum absolute atomic E-state index is 13.6. The molecule has 2 amide bonds. The van der Waals surface area contributed by atoms with Crippen LogP contribution in [-0.2, 0) is 17.9 Å². The first kappa shape index (κ1) is 20.5. The van der Waals surface area contributed by atoms with Gasteiger partial charge in [0.2, 0.25) is 0 Å². The summed E-state index contributed by atoms with van der Waals surface area (Å²) in [6.45, 7) is 5.28. The van der Waals surface area contributed by atoms with Crippen LogP contribution in [0.15, 0.2) is 36.4 Å². The molecule has 26 heavy (non-hydrogen) atoms. The molecule has 2 aromatic rings. The molecular weight excluding hydrogens is 378 g/mol. The normalized spacial score (nSPS) is 11.9. The van der Waals surface area contributed by atoms with Gasteiger partial charge in [0.25, 0.3) is 0 Å². The van der Waals surface area contributed by atoms with E-state index in [2.05, 4.69) is 10.6 Å². The van der Waals surface area contributed by atoms with Crippen molar-refractivity contribution in [1.29, 1.82) is 0 Å². The second-order valence-corrected chi connectivity index (χ2v) is 6.60. The Labute approximate surface area is 162 Å². The Bertz CT molecular complexity index is 754. The summed E-state index contributed by atoms with van der Waals surface area (Å²) < 4.78 is 19.0. The monoisotopic (exact) mass is 398 g/mol. The molecule has 2 N–H and O–H groups in total. The lowest BCUT2D eigenvalue weighted by Crippen LogP contribution is -2.36. The Morgan fingerprint density at radius 3 is 2.46 bits per heavy atom. The predicted octanol–water partition coefficient (Wildman–Crippen LogP) is 5.23. The summed E-state index contributed by atoms with van der Waals surface area (Å²) in [5, 5.41) is 5.74. The highest BCUT2D eigenvalue weighted by atomic mass is 35.5. The second kappa shape index (κ2) is 9.76. The van der Waals surface area contributed by atoms with Gasteiger partial charge < -0.3 is 15.4 Å². The number of halogens is 3. The molecule has 0 saturated heterocycles. The number of hydrogen-bond donors (Lipinski definition) is 2. The molecule has 0 fully saturated rings. The molecule has 0 heterocycles. The number of rotatable bonds is 7. The van der Waals surface area contributed by atoms with Crippen LogP contribution in [0.2, 0.25) is 10.0 Å². The molecule has 1 unspecified atom stereocenters. The van der Waals surface area contributed by atoms with Crippen molar-refractivity contribution in [2.45, 2.75) is 33.0 Å². The van der Waals surface area contributed by atoms with E-state index >= 15 is 0 Å². The molecular formula is C19H21Cl2FN2O2. The fourth-order valence-corrected chi connectivity index (χ4v) is 2.90. The molecule has 0 aliphatic heterocycles. The minimum absolute atomic E-state index is 0.0526. The molecule has 0 aromatic heterocycles. The summed E-state index contributed by atoms with van der Waals surface area (Å²) in [4.78, 5) is 12.1. The zero-order valence-corrected chi connectivity index (χ0v) is 16.1. The quantitative estimate of drug-likeness (QED) is 0.627. The zero-order chi connectivity index (χ0) is 19.1. The topological polar surface area (TPSA) is 50.4 Å². The van der Waals surface area contributed by atoms with E-state index in [1.165, 1.54) is 12.1 Å². The van der Waals surface area contributed by atoms with Crippen molar-refractivity contribution >= 4 is 29.2 Å². The summed E-state index contributed by atoms with van der Waals surface area (Å²) >= 11 is 11.8. The Balaban J connectivity index is 1.87. The SMILES string of the molecule is CCOCc1ccc(CNC(=O)NC(C)c2cc(F)c(Cl)cc2Cl)cc1. The van der Waals surface area contributed by atoms with Gasteiger partial charge in [0.1, 0.15) is 5.82 Å². The van der Waals surface area contributed by atoms with Gasteiger partial charge in [-0.3, -0.25) is 0 Å². The van der Waals surface area contributed by atoms with Gasteiger partial charge in [-0.15, -0.1) is 0 Å². The first-order chi connectivity index (χ1) is 12.4. The van der Waals surface area contributed by atoms with Crippen LogP contribution >= 0.6 is 23.2 Å². The van der Waals surface area contributed by atoms with Crippen molar-refractivity contribution < 1.29 is 13.9 Å². The molecule has 0 saturated carbocycles. The van der Waals surface area contributed by atoms with Gasteiger partial charge >= 0.3 is 6.03 Å². The highest BCUT2D eigenvalue weighted by molar-refractivity contribution is 6.35. The Morgan fingerprint density at radius 2 is 1.81 bits per heavy atom. The third-order valence-corrected chi connectivity index (χ3v) is 4.42. The highest BCUT2D eigenvalue weighted by Crippen LogP contribution is 2.28. The van der Waals surface area contributed by atoms with Crippen molar-refractivity contribution in [2.75, 3.05) is 6.61 Å². The molecule has 0 aliphatic carbocycles. The van der Waals surface area contributed by atoms with Crippen LogP contribution in [0.5, 0.6) is 0 Å². The van der Waals surface area contributed by atoms with Gasteiger partial charge in [-0.25, -0.2) is 9.18 Å². The van der Waals surface area contributed by atoms with E-state index in [1.54, 1.807) is 6.92 Å². The Kier molecular flexibility index (Phi) is 7.69. The molecule has 2 rings (SSSR count). The number of ether oxygens (including phenoxy) is 1. The summed E-state index contributed by atoms with van der Waals surface area (Å²) in [6.07, 6.45) is 0. The van der Waals surface area contributed by atoms with E-state index in [0.717, 1.165) is 11.1 Å². The molecule has 0 bridgehead atoms. The van der Waals surface area contributed by atoms with E-state index in [0.29, 0.717) is 30.3 Å². The summed E-state index contributed by atoms with van der Waals surface area (Å²) in [6, 6.07) is 9.51. The van der Waals surface area contributed by atoms with Gasteiger partial charge in [-0.05, 0) is 42.7 Å². The number of benzene rings is 2. The number of nitrogens with one attached hydrogen (secondary N) is 2. The van der Waals surface area contributed by atoms with E-state index in [-0.39, 0.29) is 11.1 Å². The smallest absolute Gasteiger partial charge is 0.315 e. The van der Waals surface area contributed by atoms with Crippen LogP contribution in [-0.4, -0.2) is 12.6 Å². The number of urea groups is 1. The molecule has 1 atom stereocenters. The fourth-order valence-electron chi connectivity index (χ4n) is 2.35. The molecule has 4 nitrogen and oxygen atoms in total. The first-order valence-corrected chi connectivity index (χ1v) is 9.00. The predicted molar refractivity (Wildman–Crippen MR) is 102 cm³/mol. The minimum atomic E-state index is -0.577. The van der Waals surface area contributed by atoms with Crippen LogP contribution in [0.4, 0.5) is 9.18 Å². The van der Waals surface area contributed by atoms with Gasteiger partial charge in [0.05, 0.1) is 17.7 Å². The van der Waals surface area contributed by atoms with Crippen molar-refractivity contribution in [2.24, 2.45) is 0 Å². The average Bonchev–Trinajstić information content (AvgIpc) is 2.62. The second-order valence-electron chi connectivity index (χ2n) is 5.79. The van der Waals surface area contributed by atoms with Crippen LogP contribution in [0.1, 0.15) is 36.6 Å². The van der Waals surface area contributed by atoms with Crippen molar-refractivity contribution in [3.63, 3.8) is 0 Å². The number of hydrogen-bond acceptors (Lipinski definition) is 2. The van der Waals surface area contributed by atoms with Crippen LogP contribution in [0, 0.1) is 5.82 Å². The number of carbonyl (C=O) groups is 1. The molecule has 0 spiro atoms. The average molecular weight is 399 g/mol. The van der Waals surface area contributed by atoms with E-state index in [4.69, 9.17) is 27.9 Å². The number of carbonyl (C=O) groups excluding carboxylic acids is 1. The zero-order valence-electron chi connectivity index (χ0n) is 14.6. The van der Waals surface area contributed by atoms with Crippen LogP contribution in [0.25, 0.3) is 0 Å². The Hall–Kier alpha value is -1.82. The third kappa shape index (κ3) is 5.87. The van der Waals surface area contributed by atoms with E-state index in [1.807, 2.05) is 31.2 Å². The van der Waals surface area contributed by atoms with Crippen molar-refractivity contribution in [1.82, 2.24) is 10.6 Å². The van der Waals surface area contributed by atoms with E-state index in [9.17, 15) is 9.18 Å². The van der Waals surface area contributed by atoms with Crippen LogP contribution in [0.3, 0.4) is 0 Å². The molecule has 140 valence electrons. The number of amides is 2. The lowest BCUT2D eigenvalue weighted by atomic mass is 10.1. The third-order valence-electron chi connectivity index (χ3n) is 3.80. The Morgan fingerprint density at radius 1 is 1.15 bits per heavy atom. The van der Waals surface area contributed by atoms with E-state index < -0.39 is 11.9 Å².